The molecule has 3 aromatic carbocycles. The molecule has 0 bridgehead atoms. The number of benzene rings is 3. The van der Waals surface area contributed by atoms with Gasteiger partial charge in [-0.2, -0.15) is 0 Å². The summed E-state index contributed by atoms with van der Waals surface area (Å²) in [5, 5.41) is 9.23. The second kappa shape index (κ2) is 7.18. The van der Waals surface area contributed by atoms with Crippen LogP contribution in [0.4, 0.5) is 4.39 Å². The van der Waals surface area contributed by atoms with E-state index in [0.717, 1.165) is 5.56 Å². The molecule has 3 rings (SSSR count). The van der Waals surface area contributed by atoms with Gasteiger partial charge >= 0.3 is 5.97 Å². The number of hydrogen-bond donors (Lipinski definition) is 1. The molecule has 0 aliphatic rings. The fraction of sp³-hybridized carbons (Fsp3) is 0.0952. The molecule has 0 spiro atoms. The van der Waals surface area contributed by atoms with Crippen LogP contribution in [0.15, 0.2) is 72.8 Å². The summed E-state index contributed by atoms with van der Waals surface area (Å²) in [5.41, 5.74) is 1.99. The Morgan fingerprint density at radius 3 is 2.48 bits per heavy atom. The minimum absolute atomic E-state index is 0.0589. The van der Waals surface area contributed by atoms with E-state index in [1.807, 2.05) is 19.1 Å². The molecule has 0 saturated carbocycles. The number of aromatic carboxylic acids is 1. The van der Waals surface area contributed by atoms with Gasteiger partial charge in [0.05, 0.1) is 0 Å². The van der Waals surface area contributed by atoms with Crippen molar-refractivity contribution in [1.29, 1.82) is 0 Å². The second-order valence-electron chi connectivity index (χ2n) is 5.70. The molecule has 126 valence electrons. The van der Waals surface area contributed by atoms with Gasteiger partial charge in [-0.1, -0.05) is 48.5 Å². The minimum atomic E-state index is -1.28. The summed E-state index contributed by atoms with van der Waals surface area (Å²) in [5.74, 6) is -0.462. The van der Waals surface area contributed by atoms with Crippen LogP contribution in [-0.2, 0) is 0 Å². The number of carboxylic acid groups (broad SMARTS) is 1. The van der Waals surface area contributed by atoms with Crippen LogP contribution in [0, 0.1) is 6.92 Å². The third kappa shape index (κ3) is 3.69. The van der Waals surface area contributed by atoms with E-state index >= 15 is 0 Å². The van der Waals surface area contributed by atoms with E-state index in [9.17, 15) is 14.3 Å². The molecule has 1 atom stereocenters. The number of alkyl halides is 1. The number of carboxylic acids is 1. The van der Waals surface area contributed by atoms with E-state index < -0.39 is 12.1 Å². The molecular formula is C21H17FO3. The molecule has 4 heteroatoms. The van der Waals surface area contributed by atoms with E-state index in [0.29, 0.717) is 16.9 Å². The van der Waals surface area contributed by atoms with Crippen LogP contribution in [0.2, 0.25) is 0 Å². The monoisotopic (exact) mass is 336 g/mol. The SMILES string of the molecule is Cc1ccccc1C(F)c1cccc(Oc2ccccc2C(=O)O)c1. The van der Waals surface area contributed by atoms with Crippen LogP contribution in [0.25, 0.3) is 0 Å². The Balaban J connectivity index is 1.90. The van der Waals surface area contributed by atoms with Gasteiger partial charge in [-0.05, 0) is 47.9 Å². The van der Waals surface area contributed by atoms with Gasteiger partial charge in [0.2, 0.25) is 0 Å². The Bertz CT molecular complexity index is 905. The highest BCUT2D eigenvalue weighted by Gasteiger charge is 2.16. The molecule has 0 aromatic heterocycles. The van der Waals surface area contributed by atoms with Gasteiger partial charge in [0, 0.05) is 0 Å². The lowest BCUT2D eigenvalue weighted by molar-refractivity contribution is 0.0694. The van der Waals surface area contributed by atoms with E-state index in [4.69, 9.17) is 4.74 Å². The summed E-state index contributed by atoms with van der Waals surface area (Å²) in [6.07, 6.45) is -1.28. The maximum Gasteiger partial charge on any atom is 0.339 e. The third-order valence-corrected chi connectivity index (χ3v) is 3.96. The smallest absolute Gasteiger partial charge is 0.339 e. The molecule has 0 amide bonds. The first-order chi connectivity index (χ1) is 12.1. The zero-order chi connectivity index (χ0) is 17.8. The lowest BCUT2D eigenvalue weighted by Crippen LogP contribution is -2.00. The number of rotatable bonds is 5. The summed E-state index contributed by atoms with van der Waals surface area (Å²) >= 11 is 0. The number of carbonyl (C=O) groups is 1. The summed E-state index contributed by atoms with van der Waals surface area (Å²) in [7, 11) is 0. The summed E-state index contributed by atoms with van der Waals surface area (Å²) in [4.78, 5) is 11.3. The minimum Gasteiger partial charge on any atom is -0.478 e. The van der Waals surface area contributed by atoms with Gasteiger partial charge in [-0.15, -0.1) is 0 Å². The first-order valence-electron chi connectivity index (χ1n) is 7.86. The van der Waals surface area contributed by atoms with Gasteiger partial charge in [-0.25, -0.2) is 9.18 Å². The predicted octanol–water partition coefficient (Wildman–Crippen LogP) is 5.54. The fourth-order valence-corrected chi connectivity index (χ4v) is 2.65. The lowest BCUT2D eigenvalue weighted by Gasteiger charge is -2.14. The topological polar surface area (TPSA) is 46.5 Å². The summed E-state index contributed by atoms with van der Waals surface area (Å²) in [6, 6.07) is 20.3. The number of hydrogen-bond acceptors (Lipinski definition) is 2. The van der Waals surface area contributed by atoms with E-state index in [-0.39, 0.29) is 11.3 Å². The average molecular weight is 336 g/mol. The molecule has 3 nitrogen and oxygen atoms in total. The molecule has 0 fully saturated rings. The van der Waals surface area contributed by atoms with Crippen molar-refractivity contribution in [3.8, 4) is 11.5 Å². The van der Waals surface area contributed by atoms with Crippen molar-refractivity contribution < 1.29 is 19.0 Å². The van der Waals surface area contributed by atoms with Crippen molar-refractivity contribution in [2.45, 2.75) is 13.1 Å². The average Bonchev–Trinajstić information content (AvgIpc) is 2.62. The Kier molecular flexibility index (Phi) is 4.80. The van der Waals surface area contributed by atoms with Crippen LogP contribution in [0.5, 0.6) is 11.5 Å². The second-order valence-corrected chi connectivity index (χ2v) is 5.70. The van der Waals surface area contributed by atoms with Crippen molar-refractivity contribution >= 4 is 5.97 Å². The van der Waals surface area contributed by atoms with E-state index in [2.05, 4.69) is 0 Å². The lowest BCUT2D eigenvalue weighted by atomic mass is 9.98. The third-order valence-electron chi connectivity index (χ3n) is 3.96. The first-order valence-corrected chi connectivity index (χ1v) is 7.86. The number of aryl methyl sites for hydroxylation is 1. The highest BCUT2D eigenvalue weighted by molar-refractivity contribution is 5.90. The Hall–Kier alpha value is -3.14. The Morgan fingerprint density at radius 2 is 1.72 bits per heavy atom. The predicted molar refractivity (Wildman–Crippen MR) is 94.0 cm³/mol. The van der Waals surface area contributed by atoms with Crippen molar-refractivity contribution in [3.05, 3.63) is 95.1 Å². The van der Waals surface area contributed by atoms with Crippen LogP contribution in [0.3, 0.4) is 0 Å². The van der Waals surface area contributed by atoms with Crippen LogP contribution in [-0.4, -0.2) is 11.1 Å². The van der Waals surface area contributed by atoms with Crippen LogP contribution in [0.1, 0.15) is 33.2 Å². The molecule has 0 aliphatic carbocycles. The fourth-order valence-electron chi connectivity index (χ4n) is 2.65. The van der Waals surface area contributed by atoms with Gasteiger partial charge in [0.1, 0.15) is 17.1 Å². The maximum atomic E-state index is 14.9. The molecule has 1 N–H and O–H groups in total. The van der Waals surface area contributed by atoms with Crippen molar-refractivity contribution in [2.75, 3.05) is 0 Å². The van der Waals surface area contributed by atoms with Crippen molar-refractivity contribution in [2.24, 2.45) is 0 Å². The normalized spacial score (nSPS) is 11.8. The van der Waals surface area contributed by atoms with E-state index in [1.165, 1.54) is 6.07 Å². The number of halogens is 1. The maximum absolute atomic E-state index is 14.9. The number of para-hydroxylation sites is 1. The molecule has 0 aliphatic heterocycles. The summed E-state index contributed by atoms with van der Waals surface area (Å²) in [6.45, 7) is 1.87. The van der Waals surface area contributed by atoms with Gasteiger partial charge in [0.15, 0.2) is 6.17 Å². The van der Waals surface area contributed by atoms with E-state index in [1.54, 1.807) is 54.6 Å². The largest absolute Gasteiger partial charge is 0.478 e. The van der Waals surface area contributed by atoms with Crippen LogP contribution < -0.4 is 4.74 Å². The molecular weight excluding hydrogens is 319 g/mol. The number of ether oxygens (including phenoxy) is 1. The Labute approximate surface area is 145 Å². The molecule has 1 unspecified atom stereocenters. The highest BCUT2D eigenvalue weighted by Crippen LogP contribution is 2.32. The first kappa shape index (κ1) is 16.7. The quantitative estimate of drug-likeness (QED) is 0.665. The molecule has 3 aromatic rings. The van der Waals surface area contributed by atoms with Crippen LogP contribution >= 0.6 is 0 Å². The van der Waals surface area contributed by atoms with Crippen molar-refractivity contribution in [1.82, 2.24) is 0 Å². The molecule has 0 saturated heterocycles. The zero-order valence-electron chi connectivity index (χ0n) is 13.6. The molecule has 0 heterocycles. The van der Waals surface area contributed by atoms with Gasteiger partial charge in [0.25, 0.3) is 0 Å². The molecule has 0 radical (unpaired) electrons. The summed E-state index contributed by atoms with van der Waals surface area (Å²) < 4.78 is 20.6. The van der Waals surface area contributed by atoms with Gasteiger partial charge < -0.3 is 9.84 Å². The molecule has 25 heavy (non-hydrogen) atoms. The highest BCUT2D eigenvalue weighted by atomic mass is 19.1. The standard InChI is InChI=1S/C21H17FO3/c1-14-7-2-3-10-17(14)20(22)15-8-6-9-16(13-15)25-19-12-5-4-11-18(19)21(23)24/h2-13,20H,1H3,(H,23,24). The van der Waals surface area contributed by atoms with Crippen molar-refractivity contribution in [3.63, 3.8) is 0 Å². The van der Waals surface area contributed by atoms with Gasteiger partial charge in [-0.3, -0.25) is 0 Å². The Morgan fingerprint density at radius 1 is 1.00 bits per heavy atom. The zero-order valence-corrected chi connectivity index (χ0v) is 13.6.